The molecule has 310 valence electrons. The Hall–Kier alpha value is -8.25. The number of nitrogens with zero attached hydrogens (tertiary/aromatic N) is 4. The highest BCUT2D eigenvalue weighted by atomic mass is 32.1. The molecule has 15 rings (SSSR count). The van der Waals surface area contributed by atoms with Crippen LogP contribution in [0.15, 0.2) is 231 Å². The predicted molar refractivity (Wildman–Crippen MR) is 287 cm³/mol. The van der Waals surface area contributed by atoms with E-state index in [4.69, 9.17) is 0 Å². The third-order valence-electron chi connectivity index (χ3n) is 14.6. The Morgan fingerprint density at radius 2 is 0.716 bits per heavy atom. The van der Waals surface area contributed by atoms with Gasteiger partial charge in [-0.15, -0.1) is 11.3 Å². The van der Waals surface area contributed by atoms with Crippen molar-refractivity contribution in [3.63, 3.8) is 0 Å². The van der Waals surface area contributed by atoms with E-state index in [1.165, 1.54) is 98.4 Å². The van der Waals surface area contributed by atoms with Crippen LogP contribution < -0.4 is 52.4 Å². The molecule has 0 saturated carbocycles. The van der Waals surface area contributed by atoms with Gasteiger partial charge in [0.25, 0.3) is 13.4 Å². The lowest BCUT2D eigenvalue weighted by atomic mass is 9.30. The van der Waals surface area contributed by atoms with Crippen LogP contribution in [0, 0.1) is 0 Å². The molecule has 11 aromatic rings. The van der Waals surface area contributed by atoms with Gasteiger partial charge in [0.05, 0.1) is 10.4 Å². The molecule has 7 heteroatoms. The van der Waals surface area contributed by atoms with E-state index in [1.807, 2.05) is 11.3 Å². The van der Waals surface area contributed by atoms with Crippen LogP contribution in [0.1, 0.15) is 0 Å². The van der Waals surface area contributed by atoms with Crippen molar-refractivity contribution >= 4 is 146 Å². The number of thiophene rings is 1. The van der Waals surface area contributed by atoms with Crippen molar-refractivity contribution in [1.82, 2.24) is 0 Å². The average Bonchev–Trinajstić information content (AvgIpc) is 3.78. The van der Waals surface area contributed by atoms with E-state index in [0.717, 1.165) is 22.7 Å². The summed E-state index contributed by atoms with van der Waals surface area (Å²) in [7, 11) is 0. The van der Waals surface area contributed by atoms with Gasteiger partial charge in [0.15, 0.2) is 0 Å². The van der Waals surface area contributed by atoms with Crippen LogP contribution in [0.3, 0.4) is 0 Å². The Balaban J connectivity index is 1.07. The Morgan fingerprint density at radius 1 is 0.284 bits per heavy atom. The van der Waals surface area contributed by atoms with Crippen molar-refractivity contribution in [3.8, 4) is 0 Å². The predicted octanol–water partition coefficient (Wildman–Crippen LogP) is 12.2. The largest absolute Gasteiger partial charge is 0.311 e. The summed E-state index contributed by atoms with van der Waals surface area (Å²) in [6.07, 6.45) is 0. The number of anilines is 12. The van der Waals surface area contributed by atoms with Crippen molar-refractivity contribution < 1.29 is 0 Å². The van der Waals surface area contributed by atoms with Gasteiger partial charge in [0, 0.05) is 78.0 Å². The number of benzene rings is 10. The first kappa shape index (κ1) is 37.0. The molecule has 0 radical (unpaired) electrons. The van der Waals surface area contributed by atoms with Gasteiger partial charge < -0.3 is 19.6 Å². The number of rotatable bonds is 4. The van der Waals surface area contributed by atoms with Crippen LogP contribution in [0.4, 0.5) is 68.2 Å². The number of fused-ring (bicyclic) bond motifs is 12. The molecule has 0 spiro atoms. The van der Waals surface area contributed by atoms with Crippen LogP contribution in [0.25, 0.3) is 20.2 Å². The monoisotopic (exact) mass is 868 g/mol. The summed E-state index contributed by atoms with van der Waals surface area (Å²) in [5.74, 6) is 0. The number of hydrogen-bond donors (Lipinski definition) is 0. The van der Waals surface area contributed by atoms with Crippen LogP contribution in [-0.4, -0.2) is 13.4 Å². The molecule has 4 nitrogen and oxygen atoms in total. The molecule has 1 aromatic heterocycles. The van der Waals surface area contributed by atoms with E-state index in [1.54, 1.807) is 0 Å². The van der Waals surface area contributed by atoms with Gasteiger partial charge in [-0.2, -0.15) is 0 Å². The van der Waals surface area contributed by atoms with Gasteiger partial charge in [0.1, 0.15) is 0 Å². The first-order chi connectivity index (χ1) is 33.3. The molecule has 0 saturated heterocycles. The molecule has 0 atom stereocenters. The van der Waals surface area contributed by atoms with Gasteiger partial charge >= 0.3 is 0 Å². The Labute approximate surface area is 394 Å². The minimum absolute atomic E-state index is 0.0154. The third-order valence-corrected chi connectivity index (χ3v) is 15.8. The van der Waals surface area contributed by atoms with Crippen molar-refractivity contribution in [2.75, 3.05) is 19.6 Å². The maximum absolute atomic E-state index is 2.62. The highest BCUT2D eigenvalue weighted by Crippen LogP contribution is 2.50. The lowest BCUT2D eigenvalue weighted by molar-refractivity contribution is 1.24. The normalized spacial score (nSPS) is 13.8. The van der Waals surface area contributed by atoms with Gasteiger partial charge in [0.2, 0.25) is 0 Å². The molecule has 0 bridgehead atoms. The van der Waals surface area contributed by atoms with Crippen molar-refractivity contribution in [2.24, 2.45) is 0 Å². The zero-order valence-corrected chi connectivity index (χ0v) is 37.1. The molecule has 4 aliphatic heterocycles. The molecule has 0 unspecified atom stereocenters. The molecule has 4 aliphatic rings. The van der Waals surface area contributed by atoms with Gasteiger partial charge in [-0.05, 0) is 124 Å². The minimum atomic E-state index is -0.0440. The molecule has 5 heterocycles. The summed E-state index contributed by atoms with van der Waals surface area (Å²) in [4.78, 5) is 10.1. The zero-order valence-electron chi connectivity index (χ0n) is 36.3. The SMILES string of the molecule is c1ccc(N2c3ccccc3B3c4cc5c(cc4N(c4ccccc4)c4cccc2c43)N(c2ccccc2)c2cccc3c2B5c2ccc4c(sc5ccccc54)c2N3c2ccccc2)cc1. The minimum Gasteiger partial charge on any atom is -0.311 e. The molecule has 0 fully saturated rings. The Bertz CT molecular complexity index is 3800. The number of para-hydroxylation sites is 5. The van der Waals surface area contributed by atoms with E-state index < -0.39 is 0 Å². The summed E-state index contributed by atoms with van der Waals surface area (Å²) in [5.41, 5.74) is 22.2. The fraction of sp³-hybridized carbons (Fsp3) is 0. The van der Waals surface area contributed by atoms with E-state index in [9.17, 15) is 0 Å². The van der Waals surface area contributed by atoms with E-state index in [2.05, 4.69) is 250 Å². The Morgan fingerprint density at radius 3 is 1.28 bits per heavy atom. The lowest BCUT2D eigenvalue weighted by Gasteiger charge is -2.47. The summed E-state index contributed by atoms with van der Waals surface area (Å²) in [5, 5.41) is 2.61. The second-order valence-corrected chi connectivity index (χ2v) is 19.0. The highest BCUT2D eigenvalue weighted by molar-refractivity contribution is 7.26. The molecule has 10 aromatic carbocycles. The van der Waals surface area contributed by atoms with Crippen LogP contribution in [-0.2, 0) is 0 Å². The van der Waals surface area contributed by atoms with Crippen molar-refractivity contribution in [3.05, 3.63) is 231 Å². The summed E-state index contributed by atoms with van der Waals surface area (Å²) < 4.78 is 2.63. The van der Waals surface area contributed by atoms with E-state index in [-0.39, 0.29) is 13.4 Å². The molecule has 0 N–H and O–H groups in total. The fourth-order valence-corrected chi connectivity index (χ4v) is 13.2. The summed E-state index contributed by atoms with van der Waals surface area (Å²) >= 11 is 1.92. The first-order valence-electron chi connectivity index (χ1n) is 23.2. The summed E-state index contributed by atoms with van der Waals surface area (Å²) in [6, 6.07) is 85.7. The van der Waals surface area contributed by atoms with E-state index in [0.29, 0.717) is 0 Å². The second-order valence-electron chi connectivity index (χ2n) is 18.0. The van der Waals surface area contributed by atoms with Crippen LogP contribution in [0.5, 0.6) is 0 Å². The molecule has 67 heavy (non-hydrogen) atoms. The highest BCUT2D eigenvalue weighted by Gasteiger charge is 2.48. The number of hydrogen-bond acceptors (Lipinski definition) is 5. The van der Waals surface area contributed by atoms with Crippen LogP contribution >= 0.6 is 11.3 Å². The molecular weight excluding hydrogens is 830 g/mol. The van der Waals surface area contributed by atoms with Crippen LogP contribution in [0.2, 0.25) is 0 Å². The van der Waals surface area contributed by atoms with Gasteiger partial charge in [-0.1, -0.05) is 140 Å². The maximum Gasteiger partial charge on any atom is 0.252 e. The van der Waals surface area contributed by atoms with Gasteiger partial charge in [-0.3, -0.25) is 0 Å². The Kier molecular flexibility index (Phi) is 7.80. The third kappa shape index (κ3) is 5.15. The maximum atomic E-state index is 2.62. The van der Waals surface area contributed by atoms with E-state index >= 15 is 0 Å². The quantitative estimate of drug-likeness (QED) is 0.163. The zero-order chi connectivity index (χ0) is 43.7. The second kappa shape index (κ2) is 14.1. The van der Waals surface area contributed by atoms with Crippen molar-refractivity contribution in [2.45, 2.75) is 0 Å². The smallest absolute Gasteiger partial charge is 0.252 e. The molecule has 0 aliphatic carbocycles. The molecular formula is C60H38B2N4S. The lowest BCUT2D eigenvalue weighted by Crippen LogP contribution is -2.65. The first-order valence-corrected chi connectivity index (χ1v) is 24.0. The average molecular weight is 869 g/mol. The topological polar surface area (TPSA) is 13.0 Å². The fourth-order valence-electron chi connectivity index (χ4n) is 12.0. The van der Waals surface area contributed by atoms with Crippen molar-refractivity contribution in [1.29, 1.82) is 0 Å². The summed E-state index contributed by atoms with van der Waals surface area (Å²) in [6.45, 7) is -0.0594. The molecule has 0 amide bonds. The standard InChI is InChI=1S/C60H38B2N4S/c1-5-19-39(20-6-1)63-49-29-15-14-28-45(49)61-47-37-48-55(38-54(47)64(40-21-7-2-8-22-40)51-31-17-30-50(63)57(51)61)65(41-23-9-3-10-24-41)52-32-18-33-53-58(52)62(48)46-36-35-44-43-27-13-16-34-56(43)67-60(44)59(46)66(53)42-25-11-4-12-26-42/h1-38H. The van der Waals surface area contributed by atoms with Gasteiger partial charge in [-0.25, -0.2) is 0 Å².